The summed E-state index contributed by atoms with van der Waals surface area (Å²) >= 11 is 0. The van der Waals surface area contributed by atoms with Gasteiger partial charge in [0, 0.05) is 31.9 Å². The zero-order chi connectivity index (χ0) is 14.4. The fourth-order valence-corrected chi connectivity index (χ4v) is 2.81. The molecule has 0 spiro atoms. The van der Waals surface area contributed by atoms with Crippen molar-refractivity contribution in [1.82, 2.24) is 20.0 Å². The van der Waals surface area contributed by atoms with Crippen LogP contribution < -0.4 is 5.32 Å². The number of rotatable bonds is 8. The lowest BCUT2D eigenvalue weighted by molar-refractivity contribution is 0.190. The molecule has 0 radical (unpaired) electrons. The lowest BCUT2D eigenvalue weighted by atomic mass is 9.93. The summed E-state index contributed by atoms with van der Waals surface area (Å²) in [6, 6.07) is 3.01. The molecule has 0 aliphatic carbocycles. The van der Waals surface area contributed by atoms with E-state index in [1.54, 1.807) is 0 Å². The van der Waals surface area contributed by atoms with E-state index in [1.807, 2.05) is 17.9 Å². The van der Waals surface area contributed by atoms with Crippen molar-refractivity contribution in [2.45, 2.75) is 45.7 Å². The maximum absolute atomic E-state index is 4.23. The Morgan fingerprint density at radius 2 is 1.95 bits per heavy atom. The molecule has 1 N–H and O–H groups in total. The van der Waals surface area contributed by atoms with E-state index in [-0.39, 0.29) is 0 Å². The number of likely N-dealkylation sites (N-methyl/N-ethyl adjacent to an activating group) is 1. The molecule has 0 amide bonds. The van der Waals surface area contributed by atoms with E-state index < -0.39 is 0 Å². The zero-order valence-corrected chi connectivity index (χ0v) is 13.3. The van der Waals surface area contributed by atoms with Crippen LogP contribution in [0.3, 0.4) is 0 Å². The van der Waals surface area contributed by atoms with Gasteiger partial charge in [-0.1, -0.05) is 26.7 Å². The monoisotopic (exact) mass is 266 g/mol. The largest absolute Gasteiger partial charge is 0.307 e. The smallest absolute Gasteiger partial charge is 0.0547 e. The summed E-state index contributed by atoms with van der Waals surface area (Å²) in [6.45, 7) is 7.80. The van der Waals surface area contributed by atoms with E-state index in [1.165, 1.54) is 18.5 Å². The molecule has 0 saturated heterocycles. The van der Waals surface area contributed by atoms with E-state index in [4.69, 9.17) is 0 Å². The lowest BCUT2D eigenvalue weighted by Crippen LogP contribution is -2.43. The highest BCUT2D eigenvalue weighted by atomic mass is 15.3. The maximum atomic E-state index is 4.23. The predicted molar refractivity (Wildman–Crippen MR) is 81.2 cm³/mol. The Morgan fingerprint density at radius 3 is 2.37 bits per heavy atom. The molecule has 19 heavy (non-hydrogen) atoms. The van der Waals surface area contributed by atoms with Crippen LogP contribution >= 0.6 is 0 Å². The normalized spacial score (nSPS) is 15.2. The quantitative estimate of drug-likeness (QED) is 0.784. The molecular weight excluding hydrogens is 236 g/mol. The van der Waals surface area contributed by atoms with Gasteiger partial charge >= 0.3 is 0 Å². The highest BCUT2D eigenvalue weighted by Gasteiger charge is 2.21. The topological polar surface area (TPSA) is 33.1 Å². The van der Waals surface area contributed by atoms with Crippen LogP contribution in [0.5, 0.6) is 0 Å². The number of nitrogens with one attached hydrogen (secondary N) is 1. The van der Waals surface area contributed by atoms with Gasteiger partial charge in [0.1, 0.15) is 0 Å². The minimum atomic E-state index is 0.337. The molecule has 4 heteroatoms. The van der Waals surface area contributed by atoms with Crippen molar-refractivity contribution >= 4 is 0 Å². The predicted octanol–water partition coefficient (Wildman–Crippen LogP) is 2.44. The van der Waals surface area contributed by atoms with Crippen LogP contribution in [0.15, 0.2) is 12.3 Å². The van der Waals surface area contributed by atoms with Gasteiger partial charge in [-0.25, -0.2) is 0 Å². The fraction of sp³-hybridized carbons (Fsp3) is 0.800. The molecule has 0 bridgehead atoms. The number of hydrogen-bond donors (Lipinski definition) is 1. The highest BCUT2D eigenvalue weighted by molar-refractivity contribution is 5.05. The Labute approximate surface area is 118 Å². The third kappa shape index (κ3) is 4.32. The van der Waals surface area contributed by atoms with Crippen LogP contribution in [0.2, 0.25) is 0 Å². The first-order valence-corrected chi connectivity index (χ1v) is 7.38. The summed E-state index contributed by atoms with van der Waals surface area (Å²) in [5.74, 6) is 0.751. The number of aryl methyl sites for hydroxylation is 1. The Kier molecular flexibility index (Phi) is 6.52. The SMILES string of the molecule is CCC(CC)C(CNC(C)c1ccnn1C)N(C)C. The minimum absolute atomic E-state index is 0.337. The molecule has 0 aliphatic rings. The maximum Gasteiger partial charge on any atom is 0.0547 e. The van der Waals surface area contributed by atoms with Crippen LogP contribution in [0.4, 0.5) is 0 Å². The molecule has 1 aromatic rings. The molecule has 0 saturated carbocycles. The Bertz CT molecular complexity index is 355. The third-order valence-electron chi connectivity index (χ3n) is 4.19. The molecule has 2 unspecified atom stereocenters. The summed E-state index contributed by atoms with van der Waals surface area (Å²) in [5.41, 5.74) is 1.24. The molecule has 0 aliphatic heterocycles. The van der Waals surface area contributed by atoms with E-state index in [0.29, 0.717) is 12.1 Å². The van der Waals surface area contributed by atoms with Crippen molar-refractivity contribution in [3.63, 3.8) is 0 Å². The molecule has 1 rings (SSSR count). The van der Waals surface area contributed by atoms with Crippen LogP contribution in [-0.2, 0) is 7.05 Å². The molecule has 1 heterocycles. The molecule has 110 valence electrons. The summed E-state index contributed by atoms with van der Waals surface area (Å²) < 4.78 is 1.94. The van der Waals surface area contributed by atoms with Gasteiger partial charge in [-0.15, -0.1) is 0 Å². The second-order valence-corrected chi connectivity index (χ2v) is 5.62. The Hall–Kier alpha value is -0.870. The van der Waals surface area contributed by atoms with Crippen LogP contribution in [0, 0.1) is 5.92 Å². The first kappa shape index (κ1) is 16.2. The van der Waals surface area contributed by atoms with Gasteiger partial charge in [0.15, 0.2) is 0 Å². The molecule has 1 aromatic heterocycles. The summed E-state index contributed by atoms with van der Waals surface area (Å²) in [4.78, 5) is 2.35. The van der Waals surface area contributed by atoms with Crippen molar-refractivity contribution in [3.05, 3.63) is 18.0 Å². The first-order valence-electron chi connectivity index (χ1n) is 7.38. The van der Waals surface area contributed by atoms with Gasteiger partial charge in [0.25, 0.3) is 0 Å². The average Bonchev–Trinajstić information content (AvgIpc) is 2.80. The van der Waals surface area contributed by atoms with Gasteiger partial charge in [-0.3, -0.25) is 4.68 Å². The summed E-state index contributed by atoms with van der Waals surface area (Å²) in [7, 11) is 6.36. The van der Waals surface area contributed by atoms with E-state index in [9.17, 15) is 0 Å². The number of aromatic nitrogens is 2. The second kappa shape index (κ2) is 7.65. The standard InChI is InChI=1S/C15H30N4/c1-7-13(8-2)15(18(4)5)11-16-12(3)14-9-10-17-19(14)6/h9-10,12-13,15-16H,7-8,11H2,1-6H3. The first-order chi connectivity index (χ1) is 9.01. The van der Waals surface area contributed by atoms with Crippen LogP contribution in [0.1, 0.15) is 45.3 Å². The Balaban J connectivity index is 2.59. The third-order valence-corrected chi connectivity index (χ3v) is 4.19. The van der Waals surface area contributed by atoms with Gasteiger partial charge in [-0.05, 0) is 33.0 Å². The van der Waals surface area contributed by atoms with Gasteiger partial charge in [0.05, 0.1) is 5.69 Å². The average molecular weight is 266 g/mol. The second-order valence-electron chi connectivity index (χ2n) is 5.62. The number of nitrogens with zero attached hydrogens (tertiary/aromatic N) is 3. The van der Waals surface area contributed by atoms with E-state index in [0.717, 1.165) is 12.5 Å². The van der Waals surface area contributed by atoms with Crippen molar-refractivity contribution in [2.24, 2.45) is 13.0 Å². The highest BCUT2D eigenvalue weighted by Crippen LogP contribution is 2.18. The van der Waals surface area contributed by atoms with Crippen molar-refractivity contribution in [1.29, 1.82) is 0 Å². The Morgan fingerprint density at radius 1 is 1.32 bits per heavy atom. The molecule has 0 fully saturated rings. The lowest BCUT2D eigenvalue weighted by Gasteiger charge is -2.32. The van der Waals surface area contributed by atoms with Crippen LogP contribution in [-0.4, -0.2) is 41.4 Å². The molecular formula is C15H30N4. The van der Waals surface area contributed by atoms with E-state index >= 15 is 0 Å². The zero-order valence-electron chi connectivity index (χ0n) is 13.3. The van der Waals surface area contributed by atoms with Crippen molar-refractivity contribution in [2.75, 3.05) is 20.6 Å². The summed E-state index contributed by atoms with van der Waals surface area (Å²) in [5, 5.41) is 7.89. The molecule has 4 nitrogen and oxygen atoms in total. The minimum Gasteiger partial charge on any atom is -0.307 e. The van der Waals surface area contributed by atoms with Crippen molar-refractivity contribution < 1.29 is 0 Å². The van der Waals surface area contributed by atoms with Gasteiger partial charge < -0.3 is 10.2 Å². The van der Waals surface area contributed by atoms with Gasteiger partial charge in [-0.2, -0.15) is 5.10 Å². The van der Waals surface area contributed by atoms with E-state index in [2.05, 4.69) is 56.2 Å². The molecule has 0 aromatic carbocycles. The molecule has 2 atom stereocenters. The number of hydrogen-bond acceptors (Lipinski definition) is 3. The fourth-order valence-electron chi connectivity index (χ4n) is 2.81. The summed E-state index contributed by atoms with van der Waals surface area (Å²) in [6.07, 6.45) is 4.33. The van der Waals surface area contributed by atoms with Crippen molar-refractivity contribution in [3.8, 4) is 0 Å². The van der Waals surface area contributed by atoms with Gasteiger partial charge in [0.2, 0.25) is 0 Å². The van der Waals surface area contributed by atoms with Crippen LogP contribution in [0.25, 0.3) is 0 Å².